The van der Waals surface area contributed by atoms with E-state index in [2.05, 4.69) is 12.1 Å². The lowest BCUT2D eigenvalue weighted by molar-refractivity contribution is -0.00537. The van der Waals surface area contributed by atoms with E-state index in [4.69, 9.17) is 4.74 Å². The van der Waals surface area contributed by atoms with Crippen molar-refractivity contribution in [2.45, 2.75) is 44.6 Å². The Morgan fingerprint density at radius 1 is 1.11 bits per heavy atom. The largest absolute Gasteiger partial charge is 0.493 e. The molecule has 1 heterocycles. The predicted molar refractivity (Wildman–Crippen MR) is 110 cm³/mol. The van der Waals surface area contributed by atoms with E-state index in [-0.39, 0.29) is 17.4 Å². The van der Waals surface area contributed by atoms with Crippen LogP contribution in [0.25, 0.3) is 0 Å². The van der Waals surface area contributed by atoms with Gasteiger partial charge in [0.1, 0.15) is 5.75 Å². The van der Waals surface area contributed by atoms with E-state index in [1.165, 1.54) is 5.56 Å². The average Bonchev–Trinajstić information content (AvgIpc) is 3.08. The number of benzene rings is 2. The van der Waals surface area contributed by atoms with Crippen LogP contribution in [0, 0.1) is 5.41 Å². The van der Waals surface area contributed by atoms with Crippen LogP contribution in [0.4, 0.5) is 0 Å². The van der Waals surface area contributed by atoms with Crippen LogP contribution in [0.2, 0.25) is 0 Å². The number of piperidine rings is 1. The Bertz CT molecular complexity index is 807. The number of carbonyl (C=O) groups excluding carboxylic acids is 1. The molecule has 2 aromatic carbocycles. The maximum atomic E-state index is 13.1. The van der Waals surface area contributed by atoms with Gasteiger partial charge >= 0.3 is 0 Å². The molecule has 1 aliphatic heterocycles. The summed E-state index contributed by atoms with van der Waals surface area (Å²) >= 11 is 0. The summed E-state index contributed by atoms with van der Waals surface area (Å²) in [6, 6.07) is 17.7. The molecule has 1 spiro atoms. The van der Waals surface area contributed by atoms with Crippen molar-refractivity contribution in [3.05, 3.63) is 65.7 Å². The molecule has 2 aromatic rings. The second kappa shape index (κ2) is 8.36. The van der Waals surface area contributed by atoms with Gasteiger partial charge in [-0.2, -0.15) is 0 Å². The molecule has 2 aliphatic rings. The lowest BCUT2D eigenvalue weighted by Crippen LogP contribution is -2.49. The fraction of sp³-hybridized carbons (Fsp3) is 0.458. The molecule has 1 amide bonds. The minimum atomic E-state index is -0.268. The summed E-state index contributed by atoms with van der Waals surface area (Å²) in [6.45, 7) is 2.03. The number of aliphatic hydroxyl groups excluding tert-OH is 1. The highest BCUT2D eigenvalue weighted by atomic mass is 16.5. The van der Waals surface area contributed by atoms with E-state index in [1.807, 2.05) is 47.4 Å². The molecule has 1 N–H and O–H groups in total. The summed E-state index contributed by atoms with van der Waals surface area (Å²) in [7, 11) is 0. The monoisotopic (exact) mass is 379 g/mol. The highest BCUT2D eigenvalue weighted by molar-refractivity contribution is 5.94. The van der Waals surface area contributed by atoms with Crippen molar-refractivity contribution in [3.8, 4) is 5.75 Å². The first-order valence-corrected chi connectivity index (χ1v) is 10.4. The Hall–Kier alpha value is -2.33. The van der Waals surface area contributed by atoms with Crippen molar-refractivity contribution < 1.29 is 14.6 Å². The normalized spacial score (nSPS) is 24.5. The van der Waals surface area contributed by atoms with Gasteiger partial charge in [-0.1, -0.05) is 42.8 Å². The first-order valence-electron chi connectivity index (χ1n) is 10.4. The van der Waals surface area contributed by atoms with Crippen molar-refractivity contribution in [1.82, 2.24) is 4.90 Å². The lowest BCUT2D eigenvalue weighted by atomic mass is 9.76. The Balaban J connectivity index is 1.38. The van der Waals surface area contributed by atoms with Crippen molar-refractivity contribution in [1.29, 1.82) is 0 Å². The molecule has 4 heteroatoms. The molecule has 2 atom stereocenters. The van der Waals surface area contributed by atoms with Crippen LogP contribution in [0.15, 0.2) is 54.6 Å². The Morgan fingerprint density at radius 2 is 1.93 bits per heavy atom. The van der Waals surface area contributed by atoms with E-state index in [9.17, 15) is 9.90 Å². The SMILES string of the molecule is O=C(c1cccc(OCCc2ccccc2)c1)N1CCC[C@]2(CCC[C@H]2O)C1. The highest BCUT2D eigenvalue weighted by Gasteiger charge is 2.45. The predicted octanol–water partition coefficient (Wildman–Crippen LogP) is 4.08. The molecule has 1 saturated carbocycles. The van der Waals surface area contributed by atoms with Gasteiger partial charge in [0.15, 0.2) is 0 Å². The molecule has 4 nitrogen and oxygen atoms in total. The van der Waals surface area contributed by atoms with Crippen LogP contribution >= 0.6 is 0 Å². The number of rotatable bonds is 5. The fourth-order valence-electron chi connectivity index (χ4n) is 4.76. The van der Waals surface area contributed by atoms with Gasteiger partial charge in [-0.05, 0) is 49.4 Å². The minimum absolute atomic E-state index is 0.0479. The van der Waals surface area contributed by atoms with Gasteiger partial charge in [0.25, 0.3) is 5.91 Å². The van der Waals surface area contributed by atoms with Gasteiger partial charge in [-0.3, -0.25) is 4.79 Å². The number of likely N-dealkylation sites (tertiary alicyclic amines) is 1. The molecule has 2 fully saturated rings. The van der Waals surface area contributed by atoms with Gasteiger partial charge in [0.05, 0.1) is 12.7 Å². The van der Waals surface area contributed by atoms with Crippen LogP contribution in [0.1, 0.15) is 48.0 Å². The summed E-state index contributed by atoms with van der Waals surface area (Å²) in [5.41, 5.74) is 1.82. The van der Waals surface area contributed by atoms with E-state index in [0.29, 0.717) is 18.7 Å². The van der Waals surface area contributed by atoms with Gasteiger partial charge in [-0.25, -0.2) is 0 Å². The van der Waals surface area contributed by atoms with Gasteiger partial charge in [0, 0.05) is 30.5 Å². The van der Waals surface area contributed by atoms with Crippen LogP contribution in [0.5, 0.6) is 5.75 Å². The summed E-state index contributed by atoms with van der Waals surface area (Å²) in [4.78, 5) is 15.0. The molecule has 1 saturated heterocycles. The summed E-state index contributed by atoms with van der Waals surface area (Å²) < 4.78 is 5.89. The third-order valence-corrected chi connectivity index (χ3v) is 6.34. The zero-order chi connectivity index (χ0) is 19.4. The minimum Gasteiger partial charge on any atom is -0.493 e. The molecule has 148 valence electrons. The van der Waals surface area contributed by atoms with Crippen LogP contribution in [-0.2, 0) is 6.42 Å². The second-order valence-corrected chi connectivity index (χ2v) is 8.21. The van der Waals surface area contributed by atoms with Crippen LogP contribution < -0.4 is 4.74 Å². The first kappa shape index (κ1) is 19.0. The molecule has 0 unspecified atom stereocenters. The third kappa shape index (κ3) is 4.07. The van der Waals surface area contributed by atoms with Gasteiger partial charge < -0.3 is 14.7 Å². The van der Waals surface area contributed by atoms with Gasteiger partial charge in [-0.15, -0.1) is 0 Å². The molecular formula is C24H29NO3. The molecule has 0 aromatic heterocycles. The number of hydrogen-bond donors (Lipinski definition) is 1. The quantitative estimate of drug-likeness (QED) is 0.852. The zero-order valence-electron chi connectivity index (χ0n) is 16.3. The van der Waals surface area contributed by atoms with Crippen LogP contribution in [0.3, 0.4) is 0 Å². The van der Waals surface area contributed by atoms with E-state index >= 15 is 0 Å². The van der Waals surface area contributed by atoms with E-state index in [0.717, 1.165) is 50.8 Å². The van der Waals surface area contributed by atoms with E-state index in [1.54, 1.807) is 0 Å². The molecular weight excluding hydrogens is 350 g/mol. The van der Waals surface area contributed by atoms with Crippen molar-refractivity contribution in [2.24, 2.45) is 5.41 Å². The fourth-order valence-corrected chi connectivity index (χ4v) is 4.76. The third-order valence-electron chi connectivity index (χ3n) is 6.34. The smallest absolute Gasteiger partial charge is 0.254 e. The summed E-state index contributed by atoms with van der Waals surface area (Å²) in [5, 5.41) is 10.5. The molecule has 4 rings (SSSR count). The number of nitrogens with zero attached hydrogens (tertiary/aromatic N) is 1. The van der Waals surface area contributed by atoms with E-state index < -0.39 is 0 Å². The number of carbonyl (C=O) groups is 1. The maximum Gasteiger partial charge on any atom is 0.254 e. The molecule has 1 aliphatic carbocycles. The Morgan fingerprint density at radius 3 is 2.71 bits per heavy atom. The number of ether oxygens (including phenoxy) is 1. The topological polar surface area (TPSA) is 49.8 Å². The molecule has 0 radical (unpaired) electrons. The number of hydrogen-bond acceptors (Lipinski definition) is 3. The van der Waals surface area contributed by atoms with Crippen LogP contribution in [-0.4, -0.2) is 41.7 Å². The Kier molecular flexibility index (Phi) is 5.67. The maximum absolute atomic E-state index is 13.1. The van der Waals surface area contributed by atoms with Crippen molar-refractivity contribution in [3.63, 3.8) is 0 Å². The summed E-state index contributed by atoms with van der Waals surface area (Å²) in [6.07, 6.45) is 5.53. The highest BCUT2D eigenvalue weighted by Crippen LogP contribution is 2.45. The number of aliphatic hydroxyl groups is 1. The zero-order valence-corrected chi connectivity index (χ0v) is 16.3. The second-order valence-electron chi connectivity index (χ2n) is 8.21. The molecule has 28 heavy (non-hydrogen) atoms. The first-order chi connectivity index (χ1) is 13.7. The average molecular weight is 380 g/mol. The van der Waals surface area contributed by atoms with Crippen molar-refractivity contribution in [2.75, 3.05) is 19.7 Å². The number of amides is 1. The lowest BCUT2D eigenvalue weighted by Gasteiger charge is -2.42. The standard InChI is InChI=1S/C24H29NO3/c26-22-11-5-13-24(22)14-6-15-25(18-24)23(27)20-9-4-10-21(17-20)28-16-12-19-7-2-1-3-8-19/h1-4,7-10,17,22,26H,5-6,11-16,18H2/t22-,24-/m1/s1. The van der Waals surface area contributed by atoms with Gasteiger partial charge in [0.2, 0.25) is 0 Å². The summed E-state index contributed by atoms with van der Waals surface area (Å²) in [5.74, 6) is 0.779. The van der Waals surface area contributed by atoms with Crippen molar-refractivity contribution >= 4 is 5.91 Å². The Labute approximate surface area is 167 Å². The molecule has 0 bridgehead atoms.